The Balaban J connectivity index is 2.03. The number of carbonyl (C=O) groups is 1. The maximum absolute atomic E-state index is 11.9. The maximum atomic E-state index is 11.9. The van der Waals surface area contributed by atoms with Crippen molar-refractivity contribution < 1.29 is 9.53 Å². The van der Waals surface area contributed by atoms with Crippen LogP contribution in [0.1, 0.15) is 39.5 Å². The zero-order valence-electron chi connectivity index (χ0n) is 11.9. The van der Waals surface area contributed by atoms with E-state index >= 15 is 0 Å². The smallest absolute Gasteiger partial charge is 0.224 e. The molecule has 0 atom stereocenters. The Morgan fingerprint density at radius 2 is 2.00 bits per heavy atom. The molecule has 4 heteroatoms. The lowest BCUT2D eigenvalue weighted by Gasteiger charge is -2.31. The second kappa shape index (κ2) is 9.34. The lowest BCUT2D eigenvalue weighted by Crippen LogP contribution is -2.38. The number of likely N-dealkylation sites (tertiary alicyclic amines) is 1. The van der Waals surface area contributed by atoms with Gasteiger partial charge in [-0.3, -0.25) is 4.79 Å². The summed E-state index contributed by atoms with van der Waals surface area (Å²) >= 11 is 0. The monoisotopic (exact) mass is 256 g/mol. The summed E-state index contributed by atoms with van der Waals surface area (Å²) in [6, 6.07) is 0. The Morgan fingerprint density at radius 1 is 1.28 bits per heavy atom. The second-order valence-electron chi connectivity index (χ2n) is 4.95. The van der Waals surface area contributed by atoms with Crippen LogP contribution in [0.15, 0.2) is 0 Å². The Hall–Kier alpha value is -0.610. The van der Waals surface area contributed by atoms with Gasteiger partial charge in [0.15, 0.2) is 0 Å². The van der Waals surface area contributed by atoms with Gasteiger partial charge in [-0.2, -0.15) is 0 Å². The molecular formula is C14H28N2O2. The summed E-state index contributed by atoms with van der Waals surface area (Å²) in [6.07, 6.45) is 4.12. The highest BCUT2D eigenvalue weighted by molar-refractivity contribution is 5.76. The number of nitrogens with one attached hydrogen (secondary N) is 1. The van der Waals surface area contributed by atoms with Crippen molar-refractivity contribution in [2.24, 2.45) is 5.92 Å². The van der Waals surface area contributed by atoms with Gasteiger partial charge < -0.3 is 15.0 Å². The summed E-state index contributed by atoms with van der Waals surface area (Å²) in [6.45, 7) is 9.27. The molecule has 0 aromatic rings. The van der Waals surface area contributed by atoms with Gasteiger partial charge in [0.25, 0.3) is 0 Å². The van der Waals surface area contributed by atoms with Crippen molar-refractivity contribution in [2.75, 3.05) is 39.4 Å². The first-order valence-corrected chi connectivity index (χ1v) is 7.34. The van der Waals surface area contributed by atoms with Gasteiger partial charge in [-0.15, -0.1) is 0 Å². The van der Waals surface area contributed by atoms with E-state index in [4.69, 9.17) is 4.74 Å². The van der Waals surface area contributed by atoms with E-state index in [1.807, 2.05) is 4.90 Å². The van der Waals surface area contributed by atoms with E-state index in [-0.39, 0.29) is 5.91 Å². The zero-order valence-corrected chi connectivity index (χ0v) is 11.9. The lowest BCUT2D eigenvalue weighted by molar-refractivity contribution is -0.133. The van der Waals surface area contributed by atoms with Gasteiger partial charge in [-0.05, 0) is 25.3 Å². The van der Waals surface area contributed by atoms with Gasteiger partial charge in [0, 0.05) is 19.6 Å². The molecule has 1 N–H and O–H groups in total. The molecule has 0 spiro atoms. The van der Waals surface area contributed by atoms with Gasteiger partial charge in [-0.1, -0.05) is 20.3 Å². The Labute approximate surface area is 111 Å². The van der Waals surface area contributed by atoms with Crippen LogP contribution >= 0.6 is 0 Å². The number of rotatable bonds is 8. The molecule has 1 aliphatic heterocycles. The highest BCUT2D eigenvalue weighted by atomic mass is 16.5. The molecule has 0 saturated carbocycles. The van der Waals surface area contributed by atoms with Gasteiger partial charge in [0.2, 0.25) is 5.91 Å². The molecule has 1 heterocycles. The summed E-state index contributed by atoms with van der Waals surface area (Å²) in [7, 11) is 0. The predicted octanol–water partition coefficient (Wildman–Crippen LogP) is 1.65. The number of ether oxygens (including phenoxy) is 1. The third-order valence-electron chi connectivity index (χ3n) is 3.68. The van der Waals surface area contributed by atoms with Gasteiger partial charge >= 0.3 is 0 Å². The van der Waals surface area contributed by atoms with E-state index in [2.05, 4.69) is 19.2 Å². The van der Waals surface area contributed by atoms with Crippen molar-refractivity contribution >= 4 is 5.91 Å². The fraction of sp³-hybridized carbons (Fsp3) is 0.929. The van der Waals surface area contributed by atoms with E-state index < -0.39 is 0 Å². The van der Waals surface area contributed by atoms with Crippen LogP contribution in [0.4, 0.5) is 0 Å². The first-order chi connectivity index (χ1) is 8.77. The van der Waals surface area contributed by atoms with Crippen LogP contribution < -0.4 is 5.32 Å². The van der Waals surface area contributed by atoms with E-state index in [1.165, 1.54) is 19.3 Å². The van der Waals surface area contributed by atoms with Crippen molar-refractivity contribution in [3.05, 3.63) is 0 Å². The molecule has 1 rings (SSSR count). The summed E-state index contributed by atoms with van der Waals surface area (Å²) < 4.78 is 5.43. The minimum atomic E-state index is 0.257. The molecule has 1 fully saturated rings. The highest BCUT2D eigenvalue weighted by Gasteiger charge is 2.21. The first kappa shape index (κ1) is 15.4. The normalized spacial score (nSPS) is 17.1. The first-order valence-electron chi connectivity index (χ1n) is 7.34. The third-order valence-corrected chi connectivity index (χ3v) is 3.68. The van der Waals surface area contributed by atoms with Crippen molar-refractivity contribution in [2.45, 2.75) is 39.5 Å². The average molecular weight is 256 g/mol. The van der Waals surface area contributed by atoms with Crippen LogP contribution in [-0.4, -0.2) is 50.2 Å². The number of nitrogens with zero attached hydrogens (tertiary/aromatic N) is 1. The van der Waals surface area contributed by atoms with Gasteiger partial charge in [0.05, 0.1) is 19.6 Å². The Bertz CT molecular complexity index is 226. The minimum absolute atomic E-state index is 0.257. The number of likely N-dealkylation sites (N-methyl/N-ethyl adjacent to an activating group) is 1. The lowest BCUT2D eigenvalue weighted by atomic mass is 9.94. The fourth-order valence-corrected chi connectivity index (χ4v) is 2.33. The molecule has 106 valence electrons. The van der Waals surface area contributed by atoms with Crippen LogP contribution in [0.2, 0.25) is 0 Å². The van der Waals surface area contributed by atoms with Crippen LogP contribution in [0.5, 0.6) is 0 Å². The van der Waals surface area contributed by atoms with Crippen molar-refractivity contribution in [1.29, 1.82) is 0 Å². The molecule has 18 heavy (non-hydrogen) atoms. The molecule has 1 amide bonds. The molecule has 0 radical (unpaired) electrons. The number of hydrogen-bond donors (Lipinski definition) is 1. The molecule has 0 aliphatic carbocycles. The summed E-state index contributed by atoms with van der Waals surface area (Å²) in [5.74, 6) is 1.08. The summed E-state index contributed by atoms with van der Waals surface area (Å²) in [4.78, 5) is 13.9. The zero-order chi connectivity index (χ0) is 13.2. The van der Waals surface area contributed by atoms with Crippen LogP contribution in [0, 0.1) is 5.92 Å². The number of amides is 1. The van der Waals surface area contributed by atoms with E-state index in [9.17, 15) is 4.79 Å². The van der Waals surface area contributed by atoms with Crippen LogP contribution in [0.3, 0.4) is 0 Å². The molecule has 0 unspecified atom stereocenters. The number of hydrogen-bond acceptors (Lipinski definition) is 3. The quantitative estimate of drug-likeness (QED) is 0.671. The molecule has 1 aliphatic rings. The van der Waals surface area contributed by atoms with E-state index in [1.54, 1.807) is 0 Å². The summed E-state index contributed by atoms with van der Waals surface area (Å²) in [5, 5.41) is 3.19. The summed E-state index contributed by atoms with van der Waals surface area (Å²) in [5.41, 5.74) is 0. The molecule has 0 aromatic carbocycles. The van der Waals surface area contributed by atoms with E-state index in [0.29, 0.717) is 19.6 Å². The molecule has 4 nitrogen and oxygen atoms in total. The molecule has 0 bridgehead atoms. The maximum Gasteiger partial charge on any atom is 0.224 e. The Morgan fingerprint density at radius 3 is 2.61 bits per heavy atom. The third kappa shape index (κ3) is 5.83. The van der Waals surface area contributed by atoms with Gasteiger partial charge in [-0.25, -0.2) is 0 Å². The highest BCUT2D eigenvalue weighted by Crippen LogP contribution is 2.20. The number of carbonyl (C=O) groups excluding carboxylic acids is 1. The van der Waals surface area contributed by atoms with Crippen molar-refractivity contribution in [3.8, 4) is 0 Å². The van der Waals surface area contributed by atoms with Gasteiger partial charge in [0.1, 0.15) is 0 Å². The van der Waals surface area contributed by atoms with Crippen molar-refractivity contribution in [1.82, 2.24) is 10.2 Å². The standard InChI is InChI=1S/C14H28N2O2/c1-3-13-5-9-16(10-6-13)14(17)7-11-18-12-8-15-4-2/h13,15H,3-12H2,1-2H3. The average Bonchev–Trinajstić information content (AvgIpc) is 2.42. The molecule has 0 aromatic heterocycles. The fourth-order valence-electron chi connectivity index (χ4n) is 2.33. The predicted molar refractivity (Wildman–Crippen MR) is 73.6 cm³/mol. The Kier molecular flexibility index (Phi) is 8.01. The van der Waals surface area contributed by atoms with Crippen LogP contribution in [-0.2, 0) is 9.53 Å². The van der Waals surface area contributed by atoms with Crippen LogP contribution in [0.25, 0.3) is 0 Å². The molecular weight excluding hydrogens is 228 g/mol. The number of piperidine rings is 1. The SMILES string of the molecule is CCNCCOCCC(=O)N1CCC(CC)CC1. The topological polar surface area (TPSA) is 41.6 Å². The van der Waals surface area contributed by atoms with E-state index in [0.717, 1.165) is 32.1 Å². The van der Waals surface area contributed by atoms with Crippen molar-refractivity contribution in [3.63, 3.8) is 0 Å². The second-order valence-corrected chi connectivity index (χ2v) is 4.95. The molecule has 1 saturated heterocycles. The largest absolute Gasteiger partial charge is 0.380 e. The minimum Gasteiger partial charge on any atom is -0.380 e.